The van der Waals surface area contributed by atoms with Crippen LogP contribution in [0.4, 0.5) is 11.4 Å². The van der Waals surface area contributed by atoms with Gasteiger partial charge in [-0.05, 0) is 67.0 Å². The van der Waals surface area contributed by atoms with Gasteiger partial charge in [-0.1, -0.05) is 118 Å². The van der Waals surface area contributed by atoms with Crippen molar-refractivity contribution >= 4 is 40.0 Å². The normalized spacial score (nSPS) is 17.6. The Labute approximate surface area is 265 Å². The molecule has 44 heavy (non-hydrogen) atoms. The van der Waals surface area contributed by atoms with Crippen molar-refractivity contribution in [2.75, 3.05) is 25.0 Å². The van der Waals surface area contributed by atoms with Crippen LogP contribution in [0.1, 0.15) is 62.8 Å². The number of rotatable bonds is 11. The number of hydrogen-bond acceptors (Lipinski definition) is 3. The molecule has 0 saturated heterocycles. The summed E-state index contributed by atoms with van der Waals surface area (Å²) in [5.41, 5.74) is 13.2. The standard InChI is InChI=1S/C41H47N3/c1-8-14-34(38-19-11-15-32(6)40(38)43-26-9-2)16-12-17-36(42-10-3)24-22-33-21-23-35(29-30(4)28-33)39-20-13-18-37-31(5)25-27-44(7)41(37)39/h8,11-16,18-26,28-30H,1,9-10,17,27H2,2-7H3/b16-12-,24-22+,34-14+,42-36?,43-26?. The fourth-order valence-electron chi connectivity index (χ4n) is 5.70. The van der Waals surface area contributed by atoms with Crippen LogP contribution in [0.3, 0.4) is 0 Å². The van der Waals surface area contributed by atoms with Gasteiger partial charge in [0.15, 0.2) is 0 Å². The lowest BCUT2D eigenvalue weighted by molar-refractivity contribution is 0.939. The Kier molecular flexibility index (Phi) is 11.7. The predicted molar refractivity (Wildman–Crippen MR) is 196 cm³/mol. The third-order valence-corrected chi connectivity index (χ3v) is 7.88. The van der Waals surface area contributed by atoms with Crippen LogP contribution in [0.5, 0.6) is 0 Å². The highest BCUT2D eigenvalue weighted by atomic mass is 15.1. The maximum absolute atomic E-state index is 4.81. The average Bonchev–Trinajstić information content (AvgIpc) is 3.21. The zero-order valence-electron chi connectivity index (χ0n) is 27.3. The summed E-state index contributed by atoms with van der Waals surface area (Å²) in [6, 6.07) is 13.0. The van der Waals surface area contributed by atoms with Gasteiger partial charge in [-0.15, -0.1) is 0 Å². The maximum Gasteiger partial charge on any atom is 0.0733 e. The second-order valence-electron chi connectivity index (χ2n) is 11.4. The predicted octanol–water partition coefficient (Wildman–Crippen LogP) is 10.7. The van der Waals surface area contributed by atoms with E-state index in [9.17, 15) is 0 Å². The molecule has 4 rings (SSSR count). The molecule has 0 spiro atoms. The van der Waals surface area contributed by atoms with Crippen LogP contribution in [0, 0.1) is 12.8 Å². The summed E-state index contributed by atoms with van der Waals surface area (Å²) in [5.74, 6) is 0.304. The number of hydrogen-bond donors (Lipinski definition) is 0. The molecule has 2 aromatic rings. The van der Waals surface area contributed by atoms with Gasteiger partial charge in [-0.25, -0.2) is 0 Å². The van der Waals surface area contributed by atoms with Crippen LogP contribution in [-0.4, -0.2) is 32.1 Å². The number of nitrogens with zero attached hydrogens (tertiary/aromatic N) is 3. The lowest BCUT2D eigenvalue weighted by Crippen LogP contribution is -2.23. The molecule has 0 fully saturated rings. The Bertz CT molecular complexity index is 1630. The van der Waals surface area contributed by atoms with Crippen molar-refractivity contribution in [3.63, 3.8) is 0 Å². The Morgan fingerprint density at radius 1 is 1.02 bits per heavy atom. The van der Waals surface area contributed by atoms with E-state index >= 15 is 0 Å². The second kappa shape index (κ2) is 15.8. The van der Waals surface area contributed by atoms with Gasteiger partial charge >= 0.3 is 0 Å². The topological polar surface area (TPSA) is 28.0 Å². The summed E-state index contributed by atoms with van der Waals surface area (Å²) in [7, 11) is 2.18. The third kappa shape index (κ3) is 8.11. The second-order valence-corrected chi connectivity index (χ2v) is 11.4. The maximum atomic E-state index is 4.81. The van der Waals surface area contributed by atoms with E-state index in [1.807, 2.05) is 12.3 Å². The monoisotopic (exact) mass is 581 g/mol. The molecule has 1 atom stereocenters. The van der Waals surface area contributed by atoms with E-state index in [2.05, 4.69) is 150 Å². The molecule has 1 heterocycles. The van der Waals surface area contributed by atoms with E-state index in [1.54, 1.807) is 0 Å². The molecule has 2 aliphatic rings. The minimum absolute atomic E-state index is 0.304. The van der Waals surface area contributed by atoms with Crippen LogP contribution in [-0.2, 0) is 0 Å². The van der Waals surface area contributed by atoms with Gasteiger partial charge in [0, 0.05) is 55.2 Å². The minimum atomic E-state index is 0.304. The molecule has 1 aliphatic carbocycles. The fraction of sp³-hybridized carbons (Fsp3) is 0.268. The van der Waals surface area contributed by atoms with Gasteiger partial charge in [-0.2, -0.15) is 0 Å². The van der Waals surface area contributed by atoms with Crippen molar-refractivity contribution in [2.45, 2.75) is 47.5 Å². The van der Waals surface area contributed by atoms with Gasteiger partial charge in [0.05, 0.1) is 11.4 Å². The first-order valence-corrected chi connectivity index (χ1v) is 15.8. The Morgan fingerprint density at radius 3 is 2.59 bits per heavy atom. The molecule has 3 nitrogen and oxygen atoms in total. The first-order valence-electron chi connectivity index (χ1n) is 15.8. The highest BCUT2D eigenvalue weighted by Crippen LogP contribution is 2.38. The van der Waals surface area contributed by atoms with Crippen molar-refractivity contribution in [1.82, 2.24) is 0 Å². The fourth-order valence-corrected chi connectivity index (χ4v) is 5.70. The Morgan fingerprint density at radius 2 is 1.82 bits per heavy atom. The molecule has 1 unspecified atom stereocenters. The first-order chi connectivity index (χ1) is 21.4. The first kappa shape index (κ1) is 32.4. The number of para-hydroxylation sites is 2. The smallest absolute Gasteiger partial charge is 0.0733 e. The highest BCUT2D eigenvalue weighted by Gasteiger charge is 2.19. The molecule has 0 radical (unpaired) electrons. The molecule has 2 aromatic carbocycles. The van der Waals surface area contributed by atoms with Crippen molar-refractivity contribution in [1.29, 1.82) is 0 Å². The van der Waals surface area contributed by atoms with Gasteiger partial charge < -0.3 is 4.90 Å². The zero-order chi connectivity index (χ0) is 31.5. The van der Waals surface area contributed by atoms with Gasteiger partial charge in [0.2, 0.25) is 0 Å². The van der Waals surface area contributed by atoms with Crippen LogP contribution < -0.4 is 4.90 Å². The molecule has 0 N–H and O–H groups in total. The quantitative estimate of drug-likeness (QED) is 0.192. The number of allylic oxidation sites excluding steroid dienone is 14. The lowest BCUT2D eigenvalue weighted by Gasteiger charge is -2.29. The SMILES string of the molecule is C=C/C=C(\C=C/CC(/C=C/C1=CC(C)C=C(c2cccc3c2N(C)CC=C3C)C=C1)=NCC)c1cccc(C)c1N=CCC. The number of benzene rings is 2. The summed E-state index contributed by atoms with van der Waals surface area (Å²) >= 11 is 0. The van der Waals surface area contributed by atoms with Crippen LogP contribution >= 0.6 is 0 Å². The summed E-state index contributed by atoms with van der Waals surface area (Å²) in [4.78, 5) is 11.9. The number of likely N-dealkylation sites (N-methyl/N-ethyl adjacent to an activating group) is 1. The largest absolute Gasteiger partial charge is 0.370 e. The molecule has 3 heteroatoms. The molecule has 0 saturated carbocycles. The molecule has 0 amide bonds. The molecule has 0 aromatic heterocycles. The summed E-state index contributed by atoms with van der Waals surface area (Å²) < 4.78 is 0. The van der Waals surface area contributed by atoms with Crippen molar-refractivity contribution in [3.8, 4) is 0 Å². The summed E-state index contributed by atoms with van der Waals surface area (Å²) in [5, 5.41) is 0. The van der Waals surface area contributed by atoms with Gasteiger partial charge in [0.25, 0.3) is 0 Å². The van der Waals surface area contributed by atoms with E-state index in [0.717, 1.165) is 54.0 Å². The number of fused-ring (bicyclic) bond motifs is 1. The summed E-state index contributed by atoms with van der Waals surface area (Å²) in [6.07, 6.45) is 27.7. The van der Waals surface area contributed by atoms with Crippen molar-refractivity contribution in [2.24, 2.45) is 15.9 Å². The van der Waals surface area contributed by atoms with E-state index < -0.39 is 0 Å². The van der Waals surface area contributed by atoms with Crippen molar-refractivity contribution < 1.29 is 0 Å². The van der Waals surface area contributed by atoms with Gasteiger partial charge in [-0.3, -0.25) is 9.98 Å². The molecule has 226 valence electrons. The molecular weight excluding hydrogens is 534 g/mol. The number of aryl methyl sites for hydroxylation is 1. The lowest BCUT2D eigenvalue weighted by atomic mass is 9.92. The molecule has 0 bridgehead atoms. The van der Waals surface area contributed by atoms with E-state index in [-0.39, 0.29) is 0 Å². The highest BCUT2D eigenvalue weighted by molar-refractivity contribution is 5.97. The van der Waals surface area contributed by atoms with Crippen LogP contribution in [0.15, 0.2) is 125 Å². The Balaban J connectivity index is 1.53. The third-order valence-electron chi connectivity index (χ3n) is 7.88. The number of anilines is 1. The Hall–Kier alpha value is -4.50. The molecule has 1 aliphatic heterocycles. The van der Waals surface area contributed by atoms with Crippen molar-refractivity contribution in [3.05, 3.63) is 138 Å². The summed E-state index contributed by atoms with van der Waals surface area (Å²) in [6.45, 7) is 16.4. The number of aliphatic imine (C=N–C) groups is 2. The van der Waals surface area contributed by atoms with Crippen LogP contribution in [0.25, 0.3) is 16.7 Å². The minimum Gasteiger partial charge on any atom is -0.370 e. The van der Waals surface area contributed by atoms with Crippen LogP contribution in [0.2, 0.25) is 0 Å². The zero-order valence-corrected chi connectivity index (χ0v) is 27.3. The van der Waals surface area contributed by atoms with E-state index in [0.29, 0.717) is 5.92 Å². The van der Waals surface area contributed by atoms with E-state index in [1.165, 1.54) is 33.5 Å². The van der Waals surface area contributed by atoms with Gasteiger partial charge in [0.1, 0.15) is 0 Å². The average molecular weight is 582 g/mol. The van der Waals surface area contributed by atoms with E-state index in [4.69, 9.17) is 9.98 Å². The molecular formula is C41H47N3.